The Bertz CT molecular complexity index is 440. The number of carboxylic acids is 1. The van der Waals surface area contributed by atoms with Gasteiger partial charge in [-0.1, -0.05) is 13.3 Å². The Hall–Kier alpha value is -1.36. The zero-order valence-electron chi connectivity index (χ0n) is 11.7. The number of rotatable bonds is 5. The fraction of sp³-hybridized carbons (Fsp3) is 0.714. The van der Waals surface area contributed by atoms with Gasteiger partial charge in [0.1, 0.15) is 5.76 Å². The van der Waals surface area contributed by atoms with Gasteiger partial charge in [-0.3, -0.25) is 9.69 Å². The molecule has 1 aromatic rings. The van der Waals surface area contributed by atoms with Crippen LogP contribution in [0.25, 0.3) is 0 Å². The predicted molar refractivity (Wildman–Crippen MR) is 70.7 cm³/mol. The lowest BCUT2D eigenvalue weighted by molar-refractivity contribution is -0.153. The number of aliphatic carboxylic acids is 1. The average Bonchev–Trinajstić information content (AvgIpc) is 2.76. The maximum Gasteiger partial charge on any atom is 0.310 e. The number of aryl methyl sites for hydroxylation is 1. The van der Waals surface area contributed by atoms with Crippen molar-refractivity contribution in [2.75, 3.05) is 13.1 Å². The summed E-state index contributed by atoms with van der Waals surface area (Å²) in [6.45, 7) is 6.17. The molecule has 1 N–H and O–H groups in total. The summed E-state index contributed by atoms with van der Waals surface area (Å²) >= 11 is 0. The van der Waals surface area contributed by atoms with Gasteiger partial charge in [-0.2, -0.15) is 0 Å². The van der Waals surface area contributed by atoms with Crippen molar-refractivity contribution in [3.8, 4) is 0 Å². The molecule has 5 nitrogen and oxygen atoms in total. The molecule has 19 heavy (non-hydrogen) atoms. The van der Waals surface area contributed by atoms with Gasteiger partial charge in [0.2, 0.25) is 0 Å². The molecule has 1 atom stereocenters. The number of carboxylic acid groups (broad SMARTS) is 1. The number of carbonyl (C=O) groups is 1. The fourth-order valence-electron chi connectivity index (χ4n) is 3.02. The summed E-state index contributed by atoms with van der Waals surface area (Å²) in [6.07, 6.45) is 4.82. The van der Waals surface area contributed by atoms with E-state index in [2.05, 4.69) is 9.88 Å². The van der Waals surface area contributed by atoms with E-state index in [1.165, 1.54) is 6.39 Å². The molecule has 0 bridgehead atoms. The molecule has 1 aliphatic heterocycles. The highest BCUT2D eigenvalue weighted by atomic mass is 16.4. The second-order valence-electron chi connectivity index (χ2n) is 5.50. The first-order valence-electron chi connectivity index (χ1n) is 6.92. The topological polar surface area (TPSA) is 66.6 Å². The SMILES string of the molecule is CCCC1(C(=O)O)CCCN(Cc2ncoc2C)C1. The van der Waals surface area contributed by atoms with Crippen LogP contribution in [0.1, 0.15) is 44.1 Å². The molecular weight excluding hydrogens is 244 g/mol. The molecule has 2 heterocycles. The van der Waals surface area contributed by atoms with Crippen LogP contribution in [-0.4, -0.2) is 34.0 Å². The number of hydrogen-bond donors (Lipinski definition) is 1. The largest absolute Gasteiger partial charge is 0.481 e. The zero-order chi connectivity index (χ0) is 13.9. The second-order valence-corrected chi connectivity index (χ2v) is 5.50. The highest BCUT2D eigenvalue weighted by Gasteiger charge is 2.41. The molecule has 0 spiro atoms. The normalized spacial score (nSPS) is 24.5. The van der Waals surface area contributed by atoms with Crippen molar-refractivity contribution in [2.24, 2.45) is 5.41 Å². The summed E-state index contributed by atoms with van der Waals surface area (Å²) in [4.78, 5) is 18.0. The van der Waals surface area contributed by atoms with Gasteiger partial charge >= 0.3 is 5.97 Å². The van der Waals surface area contributed by atoms with E-state index in [4.69, 9.17) is 4.42 Å². The summed E-state index contributed by atoms with van der Waals surface area (Å²) in [5, 5.41) is 9.56. The Labute approximate surface area is 113 Å². The van der Waals surface area contributed by atoms with Crippen molar-refractivity contribution in [1.29, 1.82) is 0 Å². The van der Waals surface area contributed by atoms with E-state index in [-0.39, 0.29) is 0 Å². The number of hydrogen-bond acceptors (Lipinski definition) is 4. The molecule has 106 valence electrons. The van der Waals surface area contributed by atoms with Gasteiger partial charge in [0.25, 0.3) is 0 Å². The van der Waals surface area contributed by atoms with Crippen LogP contribution < -0.4 is 0 Å². The van der Waals surface area contributed by atoms with Gasteiger partial charge in [-0.05, 0) is 32.7 Å². The van der Waals surface area contributed by atoms with Crippen LogP contribution in [0.5, 0.6) is 0 Å². The maximum absolute atomic E-state index is 11.6. The zero-order valence-corrected chi connectivity index (χ0v) is 11.7. The van der Waals surface area contributed by atoms with Gasteiger partial charge in [0.05, 0.1) is 11.1 Å². The van der Waals surface area contributed by atoms with E-state index in [0.717, 1.165) is 43.7 Å². The van der Waals surface area contributed by atoms with Crippen molar-refractivity contribution in [1.82, 2.24) is 9.88 Å². The molecule has 0 aromatic carbocycles. The monoisotopic (exact) mass is 266 g/mol. The van der Waals surface area contributed by atoms with Gasteiger partial charge in [-0.15, -0.1) is 0 Å². The summed E-state index contributed by atoms with van der Waals surface area (Å²) < 4.78 is 5.20. The van der Waals surface area contributed by atoms with Gasteiger partial charge < -0.3 is 9.52 Å². The third-order valence-electron chi connectivity index (χ3n) is 4.06. The molecular formula is C14H22N2O3. The molecule has 1 fully saturated rings. The van der Waals surface area contributed by atoms with E-state index in [9.17, 15) is 9.90 Å². The lowest BCUT2D eigenvalue weighted by atomic mass is 9.76. The smallest absolute Gasteiger partial charge is 0.310 e. The number of oxazole rings is 1. The summed E-state index contributed by atoms with van der Waals surface area (Å²) in [5.41, 5.74) is 0.336. The molecule has 0 amide bonds. The molecule has 2 rings (SSSR count). The van der Waals surface area contributed by atoms with Gasteiger partial charge in [-0.25, -0.2) is 4.98 Å². The third-order valence-corrected chi connectivity index (χ3v) is 4.06. The van der Waals surface area contributed by atoms with Crippen LogP contribution in [-0.2, 0) is 11.3 Å². The minimum Gasteiger partial charge on any atom is -0.481 e. The van der Waals surface area contributed by atoms with E-state index >= 15 is 0 Å². The Morgan fingerprint density at radius 2 is 2.42 bits per heavy atom. The van der Waals surface area contributed by atoms with E-state index in [0.29, 0.717) is 13.1 Å². The standard InChI is InChI=1S/C14H22N2O3/c1-3-5-14(13(17)18)6-4-7-16(9-14)8-12-11(2)19-10-15-12/h10H,3-9H2,1-2H3,(H,17,18). The minimum atomic E-state index is -0.657. The van der Waals surface area contributed by atoms with Crippen LogP contribution in [0.15, 0.2) is 10.8 Å². The summed E-state index contributed by atoms with van der Waals surface area (Å²) in [6, 6.07) is 0. The first-order valence-corrected chi connectivity index (χ1v) is 6.92. The summed E-state index contributed by atoms with van der Waals surface area (Å²) in [7, 11) is 0. The van der Waals surface area contributed by atoms with Crippen molar-refractivity contribution in [2.45, 2.75) is 46.1 Å². The molecule has 0 aliphatic carbocycles. The Morgan fingerprint density at radius 3 is 3.00 bits per heavy atom. The van der Waals surface area contributed by atoms with Crippen molar-refractivity contribution in [3.05, 3.63) is 17.8 Å². The first kappa shape index (κ1) is 14.1. The highest BCUT2D eigenvalue weighted by molar-refractivity contribution is 5.75. The van der Waals surface area contributed by atoms with Crippen LogP contribution in [0.3, 0.4) is 0 Å². The van der Waals surface area contributed by atoms with Gasteiger partial charge in [0, 0.05) is 13.1 Å². The molecule has 5 heteroatoms. The van der Waals surface area contributed by atoms with Crippen molar-refractivity contribution >= 4 is 5.97 Å². The van der Waals surface area contributed by atoms with Crippen LogP contribution >= 0.6 is 0 Å². The molecule has 0 radical (unpaired) electrons. The third kappa shape index (κ3) is 2.97. The Balaban J connectivity index is 2.07. The Kier molecular flexibility index (Phi) is 4.24. The van der Waals surface area contributed by atoms with Crippen molar-refractivity contribution in [3.63, 3.8) is 0 Å². The maximum atomic E-state index is 11.6. The highest BCUT2D eigenvalue weighted by Crippen LogP contribution is 2.35. The second kappa shape index (κ2) is 5.74. The minimum absolute atomic E-state index is 0.579. The molecule has 0 saturated carbocycles. The average molecular weight is 266 g/mol. The fourth-order valence-corrected chi connectivity index (χ4v) is 3.02. The van der Waals surface area contributed by atoms with Gasteiger partial charge in [0.15, 0.2) is 6.39 Å². The van der Waals surface area contributed by atoms with Crippen molar-refractivity contribution < 1.29 is 14.3 Å². The first-order chi connectivity index (χ1) is 9.07. The number of nitrogens with zero attached hydrogens (tertiary/aromatic N) is 2. The molecule has 1 aromatic heterocycles. The van der Waals surface area contributed by atoms with E-state index in [1.807, 2.05) is 13.8 Å². The van der Waals surface area contributed by atoms with E-state index in [1.54, 1.807) is 0 Å². The summed E-state index contributed by atoms with van der Waals surface area (Å²) in [5.74, 6) is 0.165. The van der Waals surface area contributed by atoms with Crippen LogP contribution in [0.4, 0.5) is 0 Å². The number of piperidine rings is 1. The van der Waals surface area contributed by atoms with E-state index < -0.39 is 11.4 Å². The lowest BCUT2D eigenvalue weighted by Crippen LogP contribution is -2.47. The predicted octanol–water partition coefficient (Wildman–Crippen LogP) is 2.45. The number of likely N-dealkylation sites (tertiary alicyclic amines) is 1. The lowest BCUT2D eigenvalue weighted by Gasteiger charge is -2.39. The molecule has 1 aliphatic rings. The van der Waals surface area contributed by atoms with Crippen LogP contribution in [0.2, 0.25) is 0 Å². The quantitative estimate of drug-likeness (QED) is 0.886. The number of aromatic nitrogens is 1. The molecule has 1 unspecified atom stereocenters. The van der Waals surface area contributed by atoms with Crippen LogP contribution in [0, 0.1) is 12.3 Å². The Morgan fingerprint density at radius 1 is 1.63 bits per heavy atom. The molecule has 1 saturated heterocycles.